The number of aliphatic hydroxyl groups excluding tert-OH is 1. The van der Waals surface area contributed by atoms with Crippen LogP contribution in [0.15, 0.2) is 42.5 Å². The van der Waals surface area contributed by atoms with Crippen molar-refractivity contribution in [1.29, 1.82) is 0 Å². The monoisotopic (exact) mass is 303 g/mol. The minimum absolute atomic E-state index is 0.0691. The second kappa shape index (κ2) is 6.89. The van der Waals surface area contributed by atoms with E-state index in [9.17, 15) is 9.18 Å². The van der Waals surface area contributed by atoms with Crippen molar-refractivity contribution in [2.45, 2.75) is 0 Å². The number of halogens is 2. The van der Waals surface area contributed by atoms with E-state index in [-0.39, 0.29) is 12.2 Å². The number of rotatable bonds is 2. The summed E-state index contributed by atoms with van der Waals surface area (Å²) >= 11 is 6.00. The van der Waals surface area contributed by atoms with Crippen LogP contribution in [0.5, 0.6) is 0 Å². The summed E-state index contributed by atoms with van der Waals surface area (Å²) in [6.07, 6.45) is 0. The van der Waals surface area contributed by atoms with Crippen molar-refractivity contribution in [3.63, 3.8) is 0 Å². The second-order valence-corrected chi connectivity index (χ2v) is 4.50. The molecule has 0 heterocycles. The lowest BCUT2D eigenvalue weighted by atomic mass is 10.1. The Morgan fingerprint density at radius 1 is 1.29 bits per heavy atom. The van der Waals surface area contributed by atoms with Gasteiger partial charge < -0.3 is 10.4 Å². The maximum absolute atomic E-state index is 13.5. The molecule has 0 aromatic heterocycles. The fraction of sp³-hybridized carbons (Fsp3) is 0.0625. The number of anilines is 1. The second-order valence-electron chi connectivity index (χ2n) is 4.09. The summed E-state index contributed by atoms with van der Waals surface area (Å²) in [6.45, 7) is -0.264. The Morgan fingerprint density at radius 3 is 2.76 bits per heavy atom. The van der Waals surface area contributed by atoms with E-state index in [0.29, 0.717) is 16.3 Å². The molecule has 2 N–H and O–H groups in total. The van der Waals surface area contributed by atoms with Crippen molar-refractivity contribution in [1.82, 2.24) is 0 Å². The lowest BCUT2D eigenvalue weighted by Crippen LogP contribution is -2.14. The van der Waals surface area contributed by atoms with E-state index in [1.54, 1.807) is 24.3 Å². The highest BCUT2D eigenvalue weighted by Crippen LogP contribution is 2.23. The van der Waals surface area contributed by atoms with Gasteiger partial charge in [0.2, 0.25) is 0 Å². The lowest BCUT2D eigenvalue weighted by Gasteiger charge is -2.08. The van der Waals surface area contributed by atoms with Gasteiger partial charge in [0, 0.05) is 5.56 Å². The molecule has 3 nitrogen and oxygen atoms in total. The van der Waals surface area contributed by atoms with E-state index in [2.05, 4.69) is 17.2 Å². The molecule has 0 fully saturated rings. The van der Waals surface area contributed by atoms with E-state index in [1.165, 1.54) is 18.2 Å². The van der Waals surface area contributed by atoms with Crippen LogP contribution in [0.2, 0.25) is 5.02 Å². The van der Waals surface area contributed by atoms with Crippen molar-refractivity contribution in [3.05, 3.63) is 64.4 Å². The highest BCUT2D eigenvalue weighted by molar-refractivity contribution is 6.34. The summed E-state index contributed by atoms with van der Waals surface area (Å²) in [6, 6.07) is 10.5. The maximum atomic E-state index is 13.5. The van der Waals surface area contributed by atoms with Crippen molar-refractivity contribution in [3.8, 4) is 11.8 Å². The van der Waals surface area contributed by atoms with E-state index in [4.69, 9.17) is 16.7 Å². The van der Waals surface area contributed by atoms with E-state index in [1.807, 2.05) is 0 Å². The molecular weight excluding hydrogens is 293 g/mol. The molecule has 0 atom stereocenters. The van der Waals surface area contributed by atoms with Crippen LogP contribution in [0.4, 0.5) is 10.1 Å². The van der Waals surface area contributed by atoms with Crippen LogP contribution >= 0.6 is 11.6 Å². The molecular formula is C16H11ClFNO2. The van der Waals surface area contributed by atoms with Gasteiger partial charge in [-0.2, -0.15) is 0 Å². The molecule has 0 saturated carbocycles. The van der Waals surface area contributed by atoms with Gasteiger partial charge in [0.25, 0.3) is 5.91 Å². The normalized spacial score (nSPS) is 9.67. The molecule has 0 aliphatic carbocycles. The summed E-state index contributed by atoms with van der Waals surface area (Å²) in [5, 5.41) is 11.5. The molecule has 1 amide bonds. The number of carbonyl (C=O) groups is 1. The molecule has 2 aromatic rings. The maximum Gasteiger partial charge on any atom is 0.258 e. The van der Waals surface area contributed by atoms with Crippen LogP contribution in [0, 0.1) is 17.7 Å². The Balaban J connectivity index is 2.27. The fourth-order valence-electron chi connectivity index (χ4n) is 1.68. The standard InChI is InChI=1S/C16H11ClFNO2/c17-13-8-7-11(4-3-9-20)10-15(13)19-16(21)12-5-1-2-6-14(12)18/h1-2,5-8,10,20H,9H2,(H,19,21). The van der Waals surface area contributed by atoms with Gasteiger partial charge in [-0.3, -0.25) is 4.79 Å². The Labute approximate surface area is 126 Å². The minimum atomic E-state index is -0.609. The highest BCUT2D eigenvalue weighted by Gasteiger charge is 2.12. The quantitative estimate of drug-likeness (QED) is 0.838. The van der Waals surface area contributed by atoms with Crippen LogP contribution < -0.4 is 5.32 Å². The first-order valence-electron chi connectivity index (χ1n) is 6.07. The van der Waals surface area contributed by atoms with E-state index < -0.39 is 11.7 Å². The summed E-state index contributed by atoms with van der Waals surface area (Å²) in [7, 11) is 0. The van der Waals surface area contributed by atoms with Crippen molar-refractivity contribution >= 4 is 23.2 Å². The zero-order chi connectivity index (χ0) is 15.2. The SMILES string of the molecule is O=C(Nc1cc(C#CCO)ccc1Cl)c1ccccc1F. The van der Waals surface area contributed by atoms with Crippen molar-refractivity contribution in [2.24, 2.45) is 0 Å². The molecule has 0 unspecified atom stereocenters. The molecule has 0 radical (unpaired) electrons. The van der Waals surface area contributed by atoms with Gasteiger partial charge >= 0.3 is 0 Å². The Kier molecular flexibility index (Phi) is 4.94. The lowest BCUT2D eigenvalue weighted by molar-refractivity contribution is 0.102. The Hall–Kier alpha value is -2.35. The zero-order valence-corrected chi connectivity index (χ0v) is 11.6. The Bertz CT molecular complexity index is 735. The third kappa shape index (κ3) is 3.82. The number of hydrogen-bond acceptors (Lipinski definition) is 2. The third-order valence-electron chi connectivity index (χ3n) is 2.64. The smallest absolute Gasteiger partial charge is 0.258 e. The summed E-state index contributed by atoms with van der Waals surface area (Å²) < 4.78 is 13.5. The number of aliphatic hydroxyl groups is 1. The van der Waals surface area contributed by atoms with Crippen LogP contribution in [-0.4, -0.2) is 17.6 Å². The van der Waals surface area contributed by atoms with Gasteiger partial charge in [-0.05, 0) is 30.3 Å². The number of benzene rings is 2. The number of hydrogen-bond donors (Lipinski definition) is 2. The molecule has 106 valence electrons. The molecule has 0 aliphatic heterocycles. The number of carbonyl (C=O) groups excluding carboxylic acids is 1. The molecule has 0 spiro atoms. The van der Waals surface area contributed by atoms with Gasteiger partial charge in [-0.25, -0.2) is 4.39 Å². The molecule has 0 aliphatic rings. The Morgan fingerprint density at radius 2 is 2.05 bits per heavy atom. The van der Waals surface area contributed by atoms with Crippen LogP contribution in [0.25, 0.3) is 0 Å². The molecule has 0 saturated heterocycles. The molecule has 5 heteroatoms. The van der Waals surface area contributed by atoms with Crippen molar-refractivity contribution < 1.29 is 14.3 Å². The summed E-state index contributed by atoms with van der Waals surface area (Å²) in [5.74, 6) is 3.99. The first-order chi connectivity index (χ1) is 10.1. The molecule has 21 heavy (non-hydrogen) atoms. The average Bonchev–Trinajstić information content (AvgIpc) is 2.48. The molecule has 2 rings (SSSR count). The third-order valence-corrected chi connectivity index (χ3v) is 2.97. The molecule has 2 aromatic carbocycles. The van der Waals surface area contributed by atoms with Gasteiger partial charge in [-0.15, -0.1) is 0 Å². The number of amides is 1. The van der Waals surface area contributed by atoms with Crippen LogP contribution in [0.3, 0.4) is 0 Å². The minimum Gasteiger partial charge on any atom is -0.384 e. The van der Waals surface area contributed by atoms with Gasteiger partial charge in [0.1, 0.15) is 12.4 Å². The van der Waals surface area contributed by atoms with Gasteiger partial charge in [-0.1, -0.05) is 35.6 Å². The van der Waals surface area contributed by atoms with Crippen molar-refractivity contribution in [2.75, 3.05) is 11.9 Å². The van der Waals surface area contributed by atoms with Gasteiger partial charge in [0.05, 0.1) is 16.3 Å². The first kappa shape index (κ1) is 15.0. The summed E-state index contributed by atoms with van der Waals surface area (Å²) in [4.78, 5) is 12.0. The topological polar surface area (TPSA) is 49.3 Å². The highest BCUT2D eigenvalue weighted by atomic mass is 35.5. The predicted molar refractivity (Wildman–Crippen MR) is 79.8 cm³/mol. The average molecular weight is 304 g/mol. The zero-order valence-electron chi connectivity index (χ0n) is 10.9. The fourth-order valence-corrected chi connectivity index (χ4v) is 1.84. The molecule has 0 bridgehead atoms. The largest absolute Gasteiger partial charge is 0.384 e. The van der Waals surface area contributed by atoms with Crippen LogP contribution in [-0.2, 0) is 0 Å². The first-order valence-corrected chi connectivity index (χ1v) is 6.45. The van der Waals surface area contributed by atoms with Gasteiger partial charge in [0.15, 0.2) is 0 Å². The number of nitrogens with one attached hydrogen (secondary N) is 1. The van der Waals surface area contributed by atoms with E-state index in [0.717, 1.165) is 0 Å². The summed E-state index contributed by atoms with van der Waals surface area (Å²) in [5.41, 5.74) is 0.840. The predicted octanol–water partition coefficient (Wildman–Crippen LogP) is 3.08. The van der Waals surface area contributed by atoms with E-state index >= 15 is 0 Å². The van der Waals surface area contributed by atoms with Crippen LogP contribution in [0.1, 0.15) is 15.9 Å².